The molecule has 0 aromatic heterocycles. The molecule has 1 aliphatic rings. The maximum absolute atomic E-state index is 12.3. The Morgan fingerprint density at radius 3 is 2.58 bits per heavy atom. The first kappa shape index (κ1) is 14.1. The fourth-order valence-corrected chi connectivity index (χ4v) is 2.15. The van der Waals surface area contributed by atoms with Crippen LogP contribution in [0.15, 0.2) is 30.3 Å². The second-order valence-electron chi connectivity index (χ2n) is 5.58. The number of nitrogens with zero attached hydrogens (tertiary/aromatic N) is 1. The predicted molar refractivity (Wildman–Crippen MR) is 77.8 cm³/mol. The summed E-state index contributed by atoms with van der Waals surface area (Å²) in [7, 11) is 0. The van der Waals surface area contributed by atoms with E-state index in [9.17, 15) is 4.79 Å². The van der Waals surface area contributed by atoms with Crippen molar-refractivity contribution in [2.75, 3.05) is 6.54 Å². The molecule has 0 saturated heterocycles. The van der Waals surface area contributed by atoms with Gasteiger partial charge in [0.1, 0.15) is 0 Å². The van der Waals surface area contributed by atoms with Crippen molar-refractivity contribution in [3.63, 3.8) is 0 Å². The minimum absolute atomic E-state index is 0.243. The molecule has 104 valence electrons. The number of carbonyl (C=O) groups is 1. The summed E-state index contributed by atoms with van der Waals surface area (Å²) in [6.07, 6.45) is 3.14. The molecule has 0 aliphatic heterocycles. The number of rotatable bonds is 7. The number of hydrogen-bond acceptors (Lipinski definition) is 2. The normalized spacial score (nSPS) is 14.7. The average Bonchev–Trinajstić information content (AvgIpc) is 3.21. The lowest BCUT2D eigenvalue weighted by Crippen LogP contribution is -2.38. The molecule has 0 radical (unpaired) electrons. The van der Waals surface area contributed by atoms with Gasteiger partial charge in [0.15, 0.2) is 0 Å². The molecule has 3 nitrogen and oxygen atoms in total. The van der Waals surface area contributed by atoms with E-state index in [1.165, 1.54) is 18.4 Å². The highest BCUT2D eigenvalue weighted by Gasteiger charge is 2.21. The van der Waals surface area contributed by atoms with Crippen LogP contribution in [0, 0.1) is 0 Å². The molecule has 1 amide bonds. The molecule has 1 aromatic rings. The molecule has 1 fully saturated rings. The van der Waals surface area contributed by atoms with E-state index in [0.717, 1.165) is 6.54 Å². The van der Waals surface area contributed by atoms with E-state index in [-0.39, 0.29) is 11.9 Å². The summed E-state index contributed by atoms with van der Waals surface area (Å²) >= 11 is 0. The zero-order valence-electron chi connectivity index (χ0n) is 11.9. The highest BCUT2D eigenvalue weighted by atomic mass is 16.2. The number of nitrogens with one attached hydrogen (secondary N) is 1. The molecule has 1 N–H and O–H groups in total. The van der Waals surface area contributed by atoms with Crippen molar-refractivity contribution in [2.24, 2.45) is 0 Å². The van der Waals surface area contributed by atoms with E-state index in [4.69, 9.17) is 0 Å². The van der Waals surface area contributed by atoms with Crippen molar-refractivity contribution < 1.29 is 4.79 Å². The molecular weight excluding hydrogens is 236 g/mol. The first-order valence-corrected chi connectivity index (χ1v) is 7.23. The summed E-state index contributed by atoms with van der Waals surface area (Å²) in [5.74, 6) is 0.243. The van der Waals surface area contributed by atoms with Crippen LogP contribution in [0.4, 0.5) is 0 Å². The van der Waals surface area contributed by atoms with Crippen LogP contribution in [-0.2, 0) is 11.3 Å². The van der Waals surface area contributed by atoms with E-state index in [1.807, 2.05) is 23.1 Å². The van der Waals surface area contributed by atoms with Gasteiger partial charge in [0, 0.05) is 31.6 Å². The third-order valence-corrected chi connectivity index (χ3v) is 3.49. The van der Waals surface area contributed by atoms with Crippen molar-refractivity contribution in [1.82, 2.24) is 10.2 Å². The van der Waals surface area contributed by atoms with Gasteiger partial charge in [-0.2, -0.15) is 0 Å². The third-order valence-electron chi connectivity index (χ3n) is 3.49. The number of hydrogen-bond donors (Lipinski definition) is 1. The summed E-state index contributed by atoms with van der Waals surface area (Å²) in [5.41, 5.74) is 1.19. The van der Waals surface area contributed by atoms with E-state index >= 15 is 0 Å². The van der Waals surface area contributed by atoms with Crippen LogP contribution in [0.1, 0.15) is 38.7 Å². The van der Waals surface area contributed by atoms with Crippen molar-refractivity contribution >= 4 is 5.91 Å². The van der Waals surface area contributed by atoms with Crippen molar-refractivity contribution in [2.45, 2.75) is 51.7 Å². The Labute approximate surface area is 116 Å². The van der Waals surface area contributed by atoms with Crippen LogP contribution >= 0.6 is 0 Å². The molecule has 1 saturated carbocycles. The Balaban J connectivity index is 1.85. The van der Waals surface area contributed by atoms with Crippen molar-refractivity contribution in [1.29, 1.82) is 0 Å². The number of benzene rings is 1. The minimum Gasteiger partial charge on any atom is -0.336 e. The zero-order chi connectivity index (χ0) is 13.7. The Kier molecular flexibility index (Phi) is 4.97. The molecule has 3 heteroatoms. The van der Waals surface area contributed by atoms with E-state index in [2.05, 4.69) is 31.3 Å². The standard InChI is InChI=1S/C16H24N2O/c1-13(2)18(12-14-6-4-3-5-7-14)16(19)10-11-17-15-8-9-15/h3-7,13,15,17H,8-12H2,1-2H3. The predicted octanol–water partition coefficient (Wildman–Crippen LogP) is 2.57. The van der Waals surface area contributed by atoms with E-state index in [0.29, 0.717) is 19.0 Å². The SMILES string of the molecule is CC(C)N(Cc1ccccc1)C(=O)CCNC1CC1. The molecule has 1 aromatic carbocycles. The smallest absolute Gasteiger partial charge is 0.224 e. The Bertz CT molecular complexity index is 398. The van der Waals surface area contributed by atoms with Gasteiger partial charge in [-0.25, -0.2) is 0 Å². The molecule has 0 atom stereocenters. The summed E-state index contributed by atoms with van der Waals surface area (Å²) in [6.45, 7) is 5.67. The quantitative estimate of drug-likeness (QED) is 0.817. The summed E-state index contributed by atoms with van der Waals surface area (Å²) < 4.78 is 0. The Hall–Kier alpha value is -1.35. The van der Waals surface area contributed by atoms with Gasteiger partial charge in [-0.05, 0) is 32.3 Å². The topological polar surface area (TPSA) is 32.3 Å². The van der Waals surface area contributed by atoms with Crippen molar-refractivity contribution in [3.8, 4) is 0 Å². The van der Waals surface area contributed by atoms with Gasteiger partial charge in [-0.15, -0.1) is 0 Å². The van der Waals surface area contributed by atoms with Gasteiger partial charge in [0.05, 0.1) is 0 Å². The highest BCUT2D eigenvalue weighted by molar-refractivity contribution is 5.76. The minimum atomic E-state index is 0.243. The summed E-state index contributed by atoms with van der Waals surface area (Å²) in [4.78, 5) is 14.2. The zero-order valence-corrected chi connectivity index (χ0v) is 11.9. The van der Waals surface area contributed by atoms with Crippen LogP contribution in [0.5, 0.6) is 0 Å². The number of carbonyl (C=O) groups excluding carboxylic acids is 1. The van der Waals surface area contributed by atoms with E-state index in [1.54, 1.807) is 0 Å². The van der Waals surface area contributed by atoms with Crippen molar-refractivity contribution in [3.05, 3.63) is 35.9 Å². The largest absolute Gasteiger partial charge is 0.336 e. The van der Waals surface area contributed by atoms with E-state index < -0.39 is 0 Å². The van der Waals surface area contributed by atoms with Crippen LogP contribution < -0.4 is 5.32 Å². The maximum Gasteiger partial charge on any atom is 0.224 e. The van der Waals surface area contributed by atoms with Crippen LogP contribution in [0.25, 0.3) is 0 Å². The highest BCUT2D eigenvalue weighted by Crippen LogP contribution is 2.18. The molecule has 19 heavy (non-hydrogen) atoms. The lowest BCUT2D eigenvalue weighted by Gasteiger charge is -2.27. The average molecular weight is 260 g/mol. The van der Waals surface area contributed by atoms with Crippen LogP contribution in [0.2, 0.25) is 0 Å². The molecule has 0 heterocycles. The maximum atomic E-state index is 12.3. The van der Waals surface area contributed by atoms with Gasteiger partial charge in [-0.1, -0.05) is 30.3 Å². The molecule has 1 aliphatic carbocycles. The molecule has 0 spiro atoms. The monoisotopic (exact) mass is 260 g/mol. The Morgan fingerprint density at radius 1 is 1.32 bits per heavy atom. The van der Waals surface area contributed by atoms with Crippen LogP contribution in [-0.4, -0.2) is 29.4 Å². The lowest BCUT2D eigenvalue weighted by molar-refractivity contribution is -0.133. The van der Waals surface area contributed by atoms with Gasteiger partial charge in [0.2, 0.25) is 5.91 Å². The van der Waals surface area contributed by atoms with Gasteiger partial charge in [0.25, 0.3) is 0 Å². The second-order valence-corrected chi connectivity index (χ2v) is 5.58. The molecule has 0 unspecified atom stereocenters. The number of amides is 1. The van der Waals surface area contributed by atoms with Gasteiger partial charge in [-0.3, -0.25) is 4.79 Å². The molecule has 0 bridgehead atoms. The van der Waals surface area contributed by atoms with Gasteiger partial charge < -0.3 is 10.2 Å². The fraction of sp³-hybridized carbons (Fsp3) is 0.562. The van der Waals surface area contributed by atoms with Gasteiger partial charge >= 0.3 is 0 Å². The lowest BCUT2D eigenvalue weighted by atomic mass is 10.1. The summed E-state index contributed by atoms with van der Waals surface area (Å²) in [6, 6.07) is 11.1. The first-order valence-electron chi connectivity index (χ1n) is 7.23. The first-order chi connectivity index (χ1) is 9.16. The summed E-state index contributed by atoms with van der Waals surface area (Å²) in [5, 5.41) is 3.40. The second kappa shape index (κ2) is 6.71. The molecule has 2 rings (SSSR count). The molecular formula is C16H24N2O. The third kappa shape index (κ3) is 4.67. The Morgan fingerprint density at radius 2 is 2.00 bits per heavy atom. The fourth-order valence-electron chi connectivity index (χ4n) is 2.15. The van der Waals surface area contributed by atoms with Crippen LogP contribution in [0.3, 0.4) is 0 Å².